The van der Waals surface area contributed by atoms with E-state index in [4.69, 9.17) is 28.8 Å². The lowest BCUT2D eigenvalue weighted by Gasteiger charge is -2.25. The van der Waals surface area contributed by atoms with Gasteiger partial charge in [0.05, 0.1) is 41.7 Å². The highest BCUT2D eigenvalue weighted by Gasteiger charge is 2.27. The number of ether oxygens (including phenoxy) is 5. The Morgan fingerprint density at radius 1 is 0.839 bits per heavy atom. The van der Waals surface area contributed by atoms with Gasteiger partial charge in [-0.1, -0.05) is 12.2 Å². The van der Waals surface area contributed by atoms with Crippen LogP contribution in [-0.4, -0.2) is 68.2 Å². The minimum atomic E-state index is -1.31. The molecule has 2 aromatic carbocycles. The number of aliphatic hydroxyl groups excluding tert-OH is 3. The van der Waals surface area contributed by atoms with E-state index in [1.165, 1.54) is 40.6 Å². The van der Waals surface area contributed by atoms with E-state index >= 15 is 0 Å². The SMILES string of the molecule is COc1cc([C@H](O)[C@@H](CO)Oc2c(OC)cc(/C=C/CO)cc2OC)cc(OC)c1O. The molecule has 0 bridgehead atoms. The second-order valence-electron chi connectivity index (χ2n) is 6.40. The largest absolute Gasteiger partial charge is 0.502 e. The number of methoxy groups -OCH3 is 4. The Morgan fingerprint density at radius 3 is 1.77 bits per heavy atom. The van der Waals surface area contributed by atoms with Gasteiger partial charge in [0.25, 0.3) is 0 Å². The molecule has 2 rings (SSSR count). The summed E-state index contributed by atoms with van der Waals surface area (Å²) < 4.78 is 26.9. The van der Waals surface area contributed by atoms with Crippen LogP contribution >= 0.6 is 0 Å². The van der Waals surface area contributed by atoms with Crippen molar-refractivity contribution in [1.82, 2.24) is 0 Å². The molecule has 2 aromatic rings. The highest BCUT2D eigenvalue weighted by atomic mass is 16.6. The summed E-state index contributed by atoms with van der Waals surface area (Å²) in [6.07, 6.45) is 0.820. The number of hydrogen-bond donors (Lipinski definition) is 4. The van der Waals surface area contributed by atoms with Gasteiger partial charge in [-0.05, 0) is 35.4 Å². The molecule has 0 saturated heterocycles. The molecule has 9 heteroatoms. The quantitative estimate of drug-likeness (QED) is 0.418. The standard InChI is InChI=1S/C22H28O9/c1-27-15-10-14(11-16(28-2)21(15)26)20(25)19(12-24)31-22-17(29-3)8-13(6-5-7-23)9-18(22)30-4/h5-6,8-11,19-20,23-26H,7,12H2,1-4H3/b6-5+/t19-,20+/m1/s1. The Kier molecular flexibility index (Phi) is 8.80. The summed E-state index contributed by atoms with van der Waals surface area (Å²) in [6, 6.07) is 6.17. The van der Waals surface area contributed by atoms with E-state index in [0.717, 1.165) is 0 Å². The molecule has 0 aliphatic rings. The first-order valence-corrected chi connectivity index (χ1v) is 9.37. The predicted molar refractivity (Wildman–Crippen MR) is 113 cm³/mol. The molecule has 9 nitrogen and oxygen atoms in total. The number of hydrogen-bond acceptors (Lipinski definition) is 9. The van der Waals surface area contributed by atoms with Crippen molar-refractivity contribution in [2.75, 3.05) is 41.7 Å². The van der Waals surface area contributed by atoms with Gasteiger partial charge < -0.3 is 44.1 Å². The maximum Gasteiger partial charge on any atom is 0.204 e. The first kappa shape index (κ1) is 24.1. The Hall–Kier alpha value is -3.14. The average molecular weight is 436 g/mol. The van der Waals surface area contributed by atoms with Crippen LogP contribution in [0.5, 0.6) is 34.5 Å². The van der Waals surface area contributed by atoms with Crippen LogP contribution in [0.3, 0.4) is 0 Å². The zero-order chi connectivity index (χ0) is 23.0. The molecule has 0 radical (unpaired) electrons. The monoisotopic (exact) mass is 436 g/mol. The molecule has 2 atom stereocenters. The summed E-state index contributed by atoms with van der Waals surface area (Å²) in [7, 11) is 5.63. The minimum absolute atomic E-state index is 0.0975. The Morgan fingerprint density at radius 2 is 1.35 bits per heavy atom. The first-order valence-electron chi connectivity index (χ1n) is 9.37. The highest BCUT2D eigenvalue weighted by Crippen LogP contribution is 2.42. The van der Waals surface area contributed by atoms with Crippen molar-refractivity contribution < 1.29 is 44.1 Å². The molecule has 0 aliphatic heterocycles. The van der Waals surface area contributed by atoms with Crippen molar-refractivity contribution >= 4 is 6.08 Å². The topological polar surface area (TPSA) is 127 Å². The number of rotatable bonds is 11. The fourth-order valence-corrected chi connectivity index (χ4v) is 2.95. The van der Waals surface area contributed by atoms with E-state index in [1.807, 2.05) is 0 Å². The molecule has 0 amide bonds. The van der Waals surface area contributed by atoms with Gasteiger partial charge in [0, 0.05) is 0 Å². The van der Waals surface area contributed by atoms with Gasteiger partial charge in [0.15, 0.2) is 29.1 Å². The molecular weight excluding hydrogens is 408 g/mol. The molecule has 170 valence electrons. The molecule has 31 heavy (non-hydrogen) atoms. The Balaban J connectivity index is 2.43. The number of benzene rings is 2. The van der Waals surface area contributed by atoms with Gasteiger partial charge in [-0.3, -0.25) is 0 Å². The van der Waals surface area contributed by atoms with E-state index < -0.39 is 18.8 Å². The third-order valence-corrected chi connectivity index (χ3v) is 4.54. The van der Waals surface area contributed by atoms with Crippen LogP contribution in [0.4, 0.5) is 0 Å². The highest BCUT2D eigenvalue weighted by molar-refractivity contribution is 5.62. The molecule has 0 aromatic heterocycles. The molecular formula is C22H28O9. The zero-order valence-corrected chi connectivity index (χ0v) is 17.9. The van der Waals surface area contributed by atoms with Gasteiger partial charge in [-0.2, -0.15) is 0 Å². The summed E-state index contributed by atoms with van der Waals surface area (Å²) in [6.45, 7) is -0.660. The van der Waals surface area contributed by atoms with E-state index in [1.54, 1.807) is 24.3 Å². The lowest BCUT2D eigenvalue weighted by Crippen LogP contribution is -2.29. The second-order valence-corrected chi connectivity index (χ2v) is 6.40. The number of phenolic OH excluding ortho intramolecular Hbond substituents is 1. The Bertz CT molecular complexity index is 845. The lowest BCUT2D eigenvalue weighted by molar-refractivity contribution is -0.00184. The van der Waals surface area contributed by atoms with Crippen molar-refractivity contribution in [1.29, 1.82) is 0 Å². The van der Waals surface area contributed by atoms with Gasteiger partial charge in [0.2, 0.25) is 11.5 Å². The smallest absolute Gasteiger partial charge is 0.204 e. The number of aliphatic hydroxyl groups is 3. The van der Waals surface area contributed by atoms with E-state index in [0.29, 0.717) is 22.6 Å². The van der Waals surface area contributed by atoms with Gasteiger partial charge in [-0.25, -0.2) is 0 Å². The van der Waals surface area contributed by atoms with Gasteiger partial charge in [-0.15, -0.1) is 0 Å². The van der Waals surface area contributed by atoms with Gasteiger partial charge in [0.1, 0.15) is 6.10 Å². The third kappa shape index (κ3) is 5.52. The number of phenols is 1. The lowest BCUT2D eigenvalue weighted by atomic mass is 10.0. The van der Waals surface area contributed by atoms with Crippen molar-refractivity contribution in [2.24, 2.45) is 0 Å². The fraction of sp³-hybridized carbons (Fsp3) is 0.364. The van der Waals surface area contributed by atoms with Crippen LogP contribution in [-0.2, 0) is 0 Å². The van der Waals surface area contributed by atoms with Crippen LogP contribution in [0.15, 0.2) is 30.3 Å². The molecule has 0 unspecified atom stereocenters. The van der Waals surface area contributed by atoms with E-state index in [2.05, 4.69) is 0 Å². The molecule has 0 aliphatic carbocycles. The van der Waals surface area contributed by atoms with Crippen molar-refractivity contribution in [3.63, 3.8) is 0 Å². The summed E-state index contributed by atoms with van der Waals surface area (Å²) >= 11 is 0. The minimum Gasteiger partial charge on any atom is -0.502 e. The van der Waals surface area contributed by atoms with Crippen molar-refractivity contribution in [3.8, 4) is 34.5 Å². The van der Waals surface area contributed by atoms with E-state index in [9.17, 15) is 15.3 Å². The number of aromatic hydroxyl groups is 1. The van der Waals surface area contributed by atoms with Gasteiger partial charge >= 0.3 is 0 Å². The molecule has 0 saturated carbocycles. The van der Waals surface area contributed by atoms with Crippen LogP contribution in [0.2, 0.25) is 0 Å². The summed E-state index contributed by atoms with van der Waals surface area (Å²) in [5.41, 5.74) is 0.996. The van der Waals surface area contributed by atoms with Crippen LogP contribution in [0.1, 0.15) is 17.2 Å². The first-order chi connectivity index (χ1) is 14.9. The van der Waals surface area contributed by atoms with Crippen molar-refractivity contribution in [3.05, 3.63) is 41.5 Å². The third-order valence-electron chi connectivity index (χ3n) is 4.54. The van der Waals surface area contributed by atoms with Crippen LogP contribution in [0, 0.1) is 0 Å². The molecule has 0 heterocycles. The summed E-state index contributed by atoms with van der Waals surface area (Å²) in [5.74, 6) is 0.784. The van der Waals surface area contributed by atoms with Crippen LogP contribution < -0.4 is 23.7 Å². The van der Waals surface area contributed by atoms with Crippen molar-refractivity contribution in [2.45, 2.75) is 12.2 Å². The zero-order valence-electron chi connectivity index (χ0n) is 17.9. The van der Waals surface area contributed by atoms with E-state index in [-0.39, 0.29) is 29.6 Å². The second kappa shape index (κ2) is 11.3. The Labute approximate surface area is 180 Å². The molecule has 0 fully saturated rings. The average Bonchev–Trinajstić information content (AvgIpc) is 2.80. The van der Waals surface area contributed by atoms with Crippen LogP contribution in [0.25, 0.3) is 6.08 Å². The fourth-order valence-electron chi connectivity index (χ4n) is 2.95. The maximum absolute atomic E-state index is 10.9. The molecule has 0 spiro atoms. The summed E-state index contributed by atoms with van der Waals surface area (Å²) in [5, 5.41) is 39.8. The molecule has 4 N–H and O–H groups in total. The summed E-state index contributed by atoms with van der Waals surface area (Å²) in [4.78, 5) is 0. The maximum atomic E-state index is 10.9. The normalized spacial score (nSPS) is 13.0. The predicted octanol–water partition coefficient (Wildman–Crippen LogP) is 1.91.